The van der Waals surface area contributed by atoms with Crippen molar-refractivity contribution in [2.75, 3.05) is 7.11 Å². The van der Waals surface area contributed by atoms with Crippen molar-refractivity contribution < 1.29 is 9.13 Å². The predicted octanol–water partition coefficient (Wildman–Crippen LogP) is 7.72. The molecular weight excluding hydrogens is 415 g/mol. The number of halogens is 2. The van der Waals surface area contributed by atoms with E-state index in [-0.39, 0.29) is 5.82 Å². The van der Waals surface area contributed by atoms with Gasteiger partial charge in [-0.05, 0) is 33.0 Å². The lowest BCUT2D eigenvalue weighted by Gasteiger charge is -2.19. The van der Waals surface area contributed by atoms with Gasteiger partial charge in [0, 0.05) is 21.0 Å². The van der Waals surface area contributed by atoms with Crippen LogP contribution in [0, 0.1) is 5.82 Å². The topological polar surface area (TPSA) is 9.23 Å². The third kappa shape index (κ3) is 2.43. The minimum atomic E-state index is -0.274. The summed E-state index contributed by atoms with van der Waals surface area (Å²) in [5.74, 6) is 0.421. The molecule has 0 aliphatic carbocycles. The Hall–Kier alpha value is -2.91. The molecule has 0 aromatic heterocycles. The van der Waals surface area contributed by atoms with Crippen LogP contribution in [0.15, 0.2) is 83.3 Å². The number of ether oxygens (including phenoxy) is 1. The molecule has 0 N–H and O–H groups in total. The lowest BCUT2D eigenvalue weighted by atomic mass is 9.89. The molecule has 5 aromatic carbocycles. The summed E-state index contributed by atoms with van der Waals surface area (Å²) in [7, 11) is 1.65. The molecule has 0 fully saturated rings. The number of fused-ring (bicyclic) bond motifs is 4. The fraction of sp³-hybridized carbons (Fsp3) is 0.0400. The van der Waals surface area contributed by atoms with Crippen molar-refractivity contribution in [3.05, 3.63) is 89.2 Å². The van der Waals surface area contributed by atoms with Crippen molar-refractivity contribution in [1.29, 1.82) is 0 Å². The number of hydrogen-bond acceptors (Lipinski definition) is 1. The summed E-state index contributed by atoms with van der Waals surface area (Å²) in [5.41, 5.74) is 1.36. The molecule has 0 bridgehead atoms. The average Bonchev–Trinajstić information content (AvgIpc) is 2.74. The third-order valence-electron chi connectivity index (χ3n) is 5.29. The largest absolute Gasteiger partial charge is 0.495 e. The lowest BCUT2D eigenvalue weighted by molar-refractivity contribution is 0.421. The number of methoxy groups -OCH3 is 1. The third-order valence-corrected chi connectivity index (χ3v) is 5.94. The molecule has 0 aliphatic heterocycles. The monoisotopic (exact) mass is 430 g/mol. The first-order valence-electron chi connectivity index (χ1n) is 9.05. The van der Waals surface area contributed by atoms with Crippen LogP contribution in [0.4, 0.5) is 4.39 Å². The quantitative estimate of drug-likeness (QED) is 0.260. The highest BCUT2D eigenvalue weighted by Crippen LogP contribution is 2.47. The van der Waals surface area contributed by atoms with Crippen LogP contribution in [-0.2, 0) is 0 Å². The number of hydrogen-bond donors (Lipinski definition) is 0. The normalized spacial score (nSPS) is 11.4. The zero-order chi connectivity index (χ0) is 19.3. The van der Waals surface area contributed by atoms with Gasteiger partial charge in [0.1, 0.15) is 11.6 Å². The Morgan fingerprint density at radius 2 is 1.11 bits per heavy atom. The molecule has 5 rings (SSSR count). The van der Waals surface area contributed by atoms with Gasteiger partial charge in [-0.2, -0.15) is 0 Å². The van der Waals surface area contributed by atoms with Crippen molar-refractivity contribution in [2.24, 2.45) is 0 Å². The SMILES string of the molecule is COc1c(-c2c(F)cc(Br)c3ccccc23)c2ccccc2c2ccccc12. The van der Waals surface area contributed by atoms with Gasteiger partial charge in [0.25, 0.3) is 0 Å². The van der Waals surface area contributed by atoms with E-state index in [2.05, 4.69) is 28.1 Å². The van der Waals surface area contributed by atoms with Crippen LogP contribution in [0.3, 0.4) is 0 Å². The first kappa shape index (κ1) is 17.2. The van der Waals surface area contributed by atoms with E-state index in [1.165, 1.54) is 0 Å². The van der Waals surface area contributed by atoms with E-state index in [4.69, 9.17) is 4.74 Å². The second kappa shape index (κ2) is 6.61. The molecule has 0 spiro atoms. The molecule has 28 heavy (non-hydrogen) atoms. The van der Waals surface area contributed by atoms with Crippen molar-refractivity contribution in [1.82, 2.24) is 0 Å². The molecule has 0 amide bonds. The molecule has 3 heteroatoms. The van der Waals surface area contributed by atoms with Crippen molar-refractivity contribution >= 4 is 48.2 Å². The van der Waals surface area contributed by atoms with Gasteiger partial charge >= 0.3 is 0 Å². The zero-order valence-corrected chi connectivity index (χ0v) is 16.8. The summed E-state index contributed by atoms with van der Waals surface area (Å²) < 4.78 is 22.0. The van der Waals surface area contributed by atoms with Crippen LogP contribution in [0.5, 0.6) is 5.75 Å². The van der Waals surface area contributed by atoms with Gasteiger partial charge in [0.15, 0.2) is 0 Å². The highest BCUT2D eigenvalue weighted by atomic mass is 79.9. The maximum atomic E-state index is 15.4. The van der Waals surface area contributed by atoms with E-state index in [1.54, 1.807) is 13.2 Å². The molecule has 0 aliphatic rings. The summed E-state index contributed by atoms with van der Waals surface area (Å²) in [6.07, 6.45) is 0. The maximum Gasteiger partial charge on any atom is 0.135 e. The summed E-state index contributed by atoms with van der Waals surface area (Å²) in [6, 6.07) is 25.6. The molecule has 136 valence electrons. The lowest BCUT2D eigenvalue weighted by Crippen LogP contribution is -1.96. The van der Waals surface area contributed by atoms with Crippen molar-refractivity contribution in [2.45, 2.75) is 0 Å². The molecule has 5 aromatic rings. The fourth-order valence-electron chi connectivity index (χ4n) is 4.12. The Kier molecular flexibility index (Phi) is 4.06. The number of rotatable bonds is 2. The molecule has 0 heterocycles. The van der Waals surface area contributed by atoms with E-state index in [9.17, 15) is 0 Å². The van der Waals surface area contributed by atoms with Crippen LogP contribution in [-0.4, -0.2) is 7.11 Å². The Morgan fingerprint density at radius 3 is 1.71 bits per heavy atom. The van der Waals surface area contributed by atoms with Crippen LogP contribution in [0.25, 0.3) is 43.4 Å². The van der Waals surface area contributed by atoms with Gasteiger partial charge in [0.05, 0.1) is 7.11 Å². The number of benzene rings is 5. The van der Waals surface area contributed by atoms with E-state index in [1.807, 2.05) is 60.7 Å². The molecule has 0 saturated carbocycles. The summed E-state index contributed by atoms with van der Waals surface area (Å²) in [6.45, 7) is 0. The minimum Gasteiger partial charge on any atom is -0.495 e. The summed E-state index contributed by atoms with van der Waals surface area (Å²) in [4.78, 5) is 0. The van der Waals surface area contributed by atoms with Gasteiger partial charge < -0.3 is 4.74 Å². The molecule has 1 nitrogen and oxygen atoms in total. The first-order chi connectivity index (χ1) is 13.7. The van der Waals surface area contributed by atoms with E-state index in [0.29, 0.717) is 11.3 Å². The van der Waals surface area contributed by atoms with Crippen LogP contribution < -0.4 is 4.74 Å². The molecule has 0 unspecified atom stereocenters. The summed E-state index contributed by atoms with van der Waals surface area (Å²) in [5, 5.41) is 5.96. The highest BCUT2D eigenvalue weighted by Gasteiger charge is 2.21. The van der Waals surface area contributed by atoms with Gasteiger partial charge in [-0.1, -0.05) is 88.7 Å². The molecule has 0 atom stereocenters. The van der Waals surface area contributed by atoms with Gasteiger partial charge in [0.2, 0.25) is 0 Å². The fourth-order valence-corrected chi connectivity index (χ4v) is 4.67. The van der Waals surface area contributed by atoms with E-state index < -0.39 is 0 Å². The Labute approximate surface area is 170 Å². The van der Waals surface area contributed by atoms with Crippen LogP contribution in [0.1, 0.15) is 0 Å². The van der Waals surface area contributed by atoms with Gasteiger partial charge in [-0.15, -0.1) is 0 Å². The van der Waals surface area contributed by atoms with E-state index in [0.717, 1.165) is 42.4 Å². The zero-order valence-electron chi connectivity index (χ0n) is 15.2. The predicted molar refractivity (Wildman–Crippen MR) is 119 cm³/mol. The Balaban J connectivity index is 2.08. The first-order valence-corrected chi connectivity index (χ1v) is 9.84. The second-order valence-electron chi connectivity index (χ2n) is 6.76. The molecule has 0 saturated heterocycles. The maximum absolute atomic E-state index is 15.4. The van der Waals surface area contributed by atoms with Crippen LogP contribution >= 0.6 is 15.9 Å². The van der Waals surface area contributed by atoms with E-state index >= 15 is 4.39 Å². The van der Waals surface area contributed by atoms with Crippen molar-refractivity contribution in [3.63, 3.8) is 0 Å². The molecule has 0 radical (unpaired) electrons. The highest BCUT2D eigenvalue weighted by molar-refractivity contribution is 9.10. The van der Waals surface area contributed by atoms with Gasteiger partial charge in [-0.3, -0.25) is 0 Å². The van der Waals surface area contributed by atoms with Crippen LogP contribution in [0.2, 0.25) is 0 Å². The Bertz CT molecular complexity index is 1370. The standard InChI is InChI=1S/C25H16BrFO/c1-28-25-20-13-7-3-9-16(20)15-8-2-5-11-18(15)24(25)23-19-12-6-4-10-17(19)21(26)14-22(23)27/h2-14H,1H3. The smallest absolute Gasteiger partial charge is 0.135 e. The minimum absolute atomic E-state index is 0.274. The second-order valence-corrected chi connectivity index (χ2v) is 7.61. The Morgan fingerprint density at radius 1 is 0.643 bits per heavy atom. The average molecular weight is 431 g/mol. The van der Waals surface area contributed by atoms with Gasteiger partial charge in [-0.25, -0.2) is 4.39 Å². The van der Waals surface area contributed by atoms with Crippen molar-refractivity contribution in [3.8, 4) is 16.9 Å². The summed E-state index contributed by atoms with van der Waals surface area (Å²) >= 11 is 3.51. The molecular formula is C25H16BrFO.